The third kappa shape index (κ3) is 3.04. The average Bonchev–Trinajstić information content (AvgIpc) is 2.74. The zero-order valence-corrected chi connectivity index (χ0v) is 15.8. The first-order chi connectivity index (χ1) is 11.9. The van der Waals surface area contributed by atoms with Gasteiger partial charge in [0.25, 0.3) is 0 Å². The van der Waals surface area contributed by atoms with Crippen LogP contribution in [0.3, 0.4) is 0 Å². The maximum atomic E-state index is 10.1. The summed E-state index contributed by atoms with van der Waals surface area (Å²) >= 11 is 0. The van der Waals surface area contributed by atoms with Crippen molar-refractivity contribution in [2.75, 3.05) is 0 Å². The summed E-state index contributed by atoms with van der Waals surface area (Å²) in [5.41, 5.74) is 7.52. The molecule has 0 radical (unpaired) electrons. The minimum absolute atomic E-state index is 0.00875. The van der Waals surface area contributed by atoms with Gasteiger partial charge in [0.05, 0.1) is 0 Å². The number of hydrogen-bond acceptors (Lipinski definition) is 1. The van der Waals surface area contributed by atoms with Crippen LogP contribution in [-0.4, -0.2) is 5.11 Å². The van der Waals surface area contributed by atoms with Gasteiger partial charge in [0, 0.05) is 5.41 Å². The van der Waals surface area contributed by atoms with Crippen LogP contribution >= 0.6 is 0 Å². The topological polar surface area (TPSA) is 20.2 Å². The summed E-state index contributed by atoms with van der Waals surface area (Å²) in [4.78, 5) is 0. The molecule has 1 heteroatoms. The van der Waals surface area contributed by atoms with Gasteiger partial charge in [-0.1, -0.05) is 55.5 Å². The van der Waals surface area contributed by atoms with Crippen LogP contribution in [0.2, 0.25) is 0 Å². The highest BCUT2D eigenvalue weighted by molar-refractivity contribution is 5.76. The van der Waals surface area contributed by atoms with Gasteiger partial charge in [-0.2, -0.15) is 0 Å². The first-order valence-corrected chi connectivity index (χ1v) is 9.08. The third-order valence-electron chi connectivity index (χ3n) is 5.77. The molecule has 0 amide bonds. The molecule has 0 fully saturated rings. The molecule has 3 rings (SSSR count). The molecule has 130 valence electrons. The Morgan fingerprint density at radius 3 is 2.56 bits per heavy atom. The van der Waals surface area contributed by atoms with Crippen LogP contribution in [0.4, 0.5) is 0 Å². The summed E-state index contributed by atoms with van der Waals surface area (Å²) in [6.07, 6.45) is 6.30. The molecule has 0 bridgehead atoms. The molecule has 0 spiro atoms. The van der Waals surface area contributed by atoms with Gasteiger partial charge in [-0.25, -0.2) is 0 Å². The number of phenols is 1. The summed E-state index contributed by atoms with van der Waals surface area (Å²) < 4.78 is 0. The molecule has 25 heavy (non-hydrogen) atoms. The summed E-state index contributed by atoms with van der Waals surface area (Å²) in [6, 6.07) is 12.7. The molecule has 0 heterocycles. The lowest BCUT2D eigenvalue weighted by atomic mass is 9.68. The van der Waals surface area contributed by atoms with Gasteiger partial charge in [0.1, 0.15) is 5.75 Å². The minimum atomic E-state index is -0.00875. The lowest BCUT2D eigenvalue weighted by Gasteiger charge is -2.35. The summed E-state index contributed by atoms with van der Waals surface area (Å²) in [5.74, 6) is 0.716. The molecular formula is C24H28O. The molecule has 1 N–H and O–H groups in total. The van der Waals surface area contributed by atoms with E-state index < -0.39 is 0 Å². The Labute approximate surface area is 151 Å². The zero-order valence-electron chi connectivity index (χ0n) is 15.8. The first-order valence-electron chi connectivity index (χ1n) is 9.08. The van der Waals surface area contributed by atoms with E-state index in [1.54, 1.807) is 0 Å². The van der Waals surface area contributed by atoms with E-state index in [1.807, 2.05) is 19.1 Å². The van der Waals surface area contributed by atoms with Gasteiger partial charge in [0.15, 0.2) is 0 Å². The van der Waals surface area contributed by atoms with Crippen LogP contribution in [0.1, 0.15) is 48.1 Å². The van der Waals surface area contributed by atoms with Gasteiger partial charge < -0.3 is 5.11 Å². The van der Waals surface area contributed by atoms with Crippen molar-refractivity contribution < 1.29 is 5.11 Å². The Hall–Kier alpha value is -2.28. The van der Waals surface area contributed by atoms with Crippen molar-refractivity contribution in [1.82, 2.24) is 0 Å². The SMILES string of the molecule is C=C1c2ccc(C)cc2C(CC=CC)(Cc2cc(C)cc(O)c2)C1C. The molecule has 0 saturated heterocycles. The first kappa shape index (κ1) is 17.5. The Balaban J connectivity index is 2.17. The second kappa shape index (κ2) is 6.55. The average molecular weight is 332 g/mol. The van der Waals surface area contributed by atoms with Crippen molar-refractivity contribution in [1.29, 1.82) is 0 Å². The van der Waals surface area contributed by atoms with Gasteiger partial charge in [-0.15, -0.1) is 0 Å². The van der Waals surface area contributed by atoms with Crippen molar-refractivity contribution in [2.24, 2.45) is 5.92 Å². The van der Waals surface area contributed by atoms with E-state index in [2.05, 4.69) is 63.8 Å². The quantitative estimate of drug-likeness (QED) is 0.669. The molecule has 0 aromatic heterocycles. The smallest absolute Gasteiger partial charge is 0.116 e. The number of aryl methyl sites for hydroxylation is 2. The van der Waals surface area contributed by atoms with Gasteiger partial charge in [0.2, 0.25) is 0 Å². The number of hydrogen-bond donors (Lipinski definition) is 1. The van der Waals surface area contributed by atoms with E-state index in [1.165, 1.54) is 27.8 Å². The Morgan fingerprint density at radius 2 is 1.88 bits per heavy atom. The zero-order chi connectivity index (χ0) is 18.2. The van der Waals surface area contributed by atoms with Crippen molar-refractivity contribution in [3.63, 3.8) is 0 Å². The standard InChI is InChI=1S/C24H28O/c1-6-7-10-24(15-20-11-17(3)12-21(25)14-20)19(5)18(4)22-9-8-16(2)13-23(22)24/h6-9,11-14,19,25H,4,10,15H2,1-3,5H3. The fraction of sp³-hybridized carbons (Fsp3) is 0.333. The van der Waals surface area contributed by atoms with Crippen molar-refractivity contribution in [2.45, 2.75) is 46.0 Å². The normalized spacial score (nSPS) is 22.6. The molecule has 2 unspecified atom stereocenters. The number of fused-ring (bicyclic) bond motifs is 1. The lowest BCUT2D eigenvalue weighted by Crippen LogP contribution is -2.32. The molecule has 2 atom stereocenters. The van der Waals surface area contributed by atoms with Crippen molar-refractivity contribution >= 4 is 5.57 Å². The molecule has 1 aliphatic carbocycles. The van der Waals surface area contributed by atoms with Crippen molar-refractivity contribution in [3.8, 4) is 5.75 Å². The second-order valence-electron chi connectivity index (χ2n) is 7.58. The second-order valence-corrected chi connectivity index (χ2v) is 7.58. The van der Waals surface area contributed by atoms with E-state index in [-0.39, 0.29) is 5.41 Å². The molecule has 2 aromatic carbocycles. The Kier molecular flexibility index (Phi) is 4.60. The highest BCUT2D eigenvalue weighted by Crippen LogP contribution is 2.53. The van der Waals surface area contributed by atoms with E-state index in [0.717, 1.165) is 18.4 Å². The monoisotopic (exact) mass is 332 g/mol. The van der Waals surface area contributed by atoms with E-state index in [9.17, 15) is 5.11 Å². The molecule has 0 saturated carbocycles. The number of aromatic hydroxyl groups is 1. The van der Waals surface area contributed by atoms with Gasteiger partial charge in [-0.05, 0) is 79.5 Å². The third-order valence-corrected chi connectivity index (χ3v) is 5.77. The van der Waals surface area contributed by atoms with E-state index in [0.29, 0.717) is 11.7 Å². The largest absolute Gasteiger partial charge is 0.508 e. The molecular weight excluding hydrogens is 304 g/mol. The van der Waals surface area contributed by atoms with Crippen LogP contribution < -0.4 is 0 Å². The predicted molar refractivity (Wildman–Crippen MR) is 107 cm³/mol. The maximum absolute atomic E-state index is 10.1. The molecule has 1 nitrogen and oxygen atoms in total. The molecule has 0 aliphatic heterocycles. The van der Waals surface area contributed by atoms with Crippen LogP contribution in [-0.2, 0) is 11.8 Å². The summed E-state index contributed by atoms with van der Waals surface area (Å²) in [5, 5.41) is 10.1. The predicted octanol–water partition coefficient (Wildman–Crippen LogP) is 6.12. The Bertz CT molecular complexity index is 823. The van der Waals surface area contributed by atoms with Crippen LogP contribution in [0.25, 0.3) is 5.57 Å². The number of benzene rings is 2. The van der Waals surface area contributed by atoms with Gasteiger partial charge >= 0.3 is 0 Å². The number of rotatable bonds is 4. The fourth-order valence-corrected chi connectivity index (χ4v) is 4.39. The molecule has 2 aromatic rings. The fourth-order valence-electron chi connectivity index (χ4n) is 4.39. The van der Waals surface area contributed by atoms with E-state index in [4.69, 9.17) is 0 Å². The van der Waals surface area contributed by atoms with Crippen LogP contribution in [0, 0.1) is 19.8 Å². The van der Waals surface area contributed by atoms with E-state index >= 15 is 0 Å². The number of allylic oxidation sites excluding steroid dienone is 3. The van der Waals surface area contributed by atoms with Crippen LogP contribution in [0.15, 0.2) is 55.1 Å². The number of phenolic OH excluding ortho intramolecular Hbond substituents is 1. The van der Waals surface area contributed by atoms with Crippen LogP contribution in [0.5, 0.6) is 5.75 Å². The van der Waals surface area contributed by atoms with Gasteiger partial charge in [-0.3, -0.25) is 0 Å². The minimum Gasteiger partial charge on any atom is -0.508 e. The maximum Gasteiger partial charge on any atom is 0.116 e. The highest BCUT2D eigenvalue weighted by atomic mass is 16.3. The molecule has 1 aliphatic rings. The highest BCUT2D eigenvalue weighted by Gasteiger charge is 2.45. The van der Waals surface area contributed by atoms with Crippen molar-refractivity contribution in [3.05, 3.63) is 82.9 Å². The summed E-state index contributed by atoms with van der Waals surface area (Å²) in [6.45, 7) is 13.0. The summed E-state index contributed by atoms with van der Waals surface area (Å²) in [7, 11) is 0. The Morgan fingerprint density at radius 1 is 1.12 bits per heavy atom. The lowest BCUT2D eigenvalue weighted by molar-refractivity contribution is 0.360.